The average Bonchev–Trinajstić information content (AvgIpc) is 2.43. The Morgan fingerprint density at radius 3 is 2.23 bits per heavy atom. The summed E-state index contributed by atoms with van der Waals surface area (Å²) >= 11 is 0. The monoisotopic (exact) mass is 183 g/mol. The lowest BCUT2D eigenvalue weighted by Gasteiger charge is -2.23. The second-order valence-corrected chi connectivity index (χ2v) is 4.05. The van der Waals surface area contributed by atoms with E-state index in [0.29, 0.717) is 5.91 Å². The molecule has 0 N–H and O–H groups in total. The molecule has 0 radical (unpaired) electrons. The predicted molar refractivity (Wildman–Crippen MR) is 54.5 cm³/mol. The van der Waals surface area contributed by atoms with Crippen molar-refractivity contribution in [1.29, 1.82) is 0 Å². The van der Waals surface area contributed by atoms with Crippen LogP contribution in [0.15, 0.2) is 0 Å². The molecule has 0 bridgehead atoms. The molecule has 1 fully saturated rings. The highest BCUT2D eigenvalue weighted by molar-refractivity contribution is 5.78. The summed E-state index contributed by atoms with van der Waals surface area (Å²) in [5.41, 5.74) is 0. The van der Waals surface area contributed by atoms with Crippen LogP contribution in [-0.4, -0.2) is 23.9 Å². The summed E-state index contributed by atoms with van der Waals surface area (Å²) in [5.74, 6) is 0.586. The highest BCUT2D eigenvalue weighted by Gasteiger charge is 2.19. The minimum atomic E-state index is 0.220. The molecule has 0 saturated carbocycles. The molecule has 0 spiro atoms. The Balaban J connectivity index is 2.43. The Hall–Kier alpha value is -0.530. The van der Waals surface area contributed by atoms with Crippen molar-refractivity contribution in [1.82, 2.24) is 4.90 Å². The molecule has 1 saturated heterocycles. The normalized spacial score (nSPS) is 20.9. The van der Waals surface area contributed by atoms with Crippen LogP contribution in [0.1, 0.15) is 46.0 Å². The van der Waals surface area contributed by atoms with Gasteiger partial charge in [0.15, 0.2) is 0 Å². The van der Waals surface area contributed by atoms with Crippen LogP contribution in [0.2, 0.25) is 0 Å². The summed E-state index contributed by atoms with van der Waals surface area (Å²) in [5, 5.41) is 0. The van der Waals surface area contributed by atoms with E-state index in [-0.39, 0.29) is 5.92 Å². The Morgan fingerprint density at radius 1 is 1.23 bits per heavy atom. The highest BCUT2D eigenvalue weighted by atomic mass is 16.2. The van der Waals surface area contributed by atoms with Gasteiger partial charge in [-0.2, -0.15) is 0 Å². The lowest BCUT2D eigenvalue weighted by atomic mass is 10.1. The highest BCUT2D eigenvalue weighted by Crippen LogP contribution is 2.13. The lowest BCUT2D eigenvalue weighted by molar-refractivity contribution is -0.135. The fourth-order valence-electron chi connectivity index (χ4n) is 1.78. The smallest absolute Gasteiger partial charge is 0.225 e. The molecule has 76 valence electrons. The van der Waals surface area contributed by atoms with E-state index in [9.17, 15) is 4.79 Å². The van der Waals surface area contributed by atoms with Gasteiger partial charge in [0.2, 0.25) is 5.91 Å². The number of hydrogen-bond donors (Lipinski definition) is 0. The van der Waals surface area contributed by atoms with E-state index < -0.39 is 0 Å². The van der Waals surface area contributed by atoms with Crippen molar-refractivity contribution in [3.8, 4) is 0 Å². The standard InChI is InChI=1S/C11H21NO/c1-3-10(2)11(13)12-8-6-4-5-7-9-12/h10H,3-9H2,1-2H3/t10-/m0/s1. The molecule has 13 heavy (non-hydrogen) atoms. The molecular formula is C11H21NO. The van der Waals surface area contributed by atoms with Gasteiger partial charge in [-0.05, 0) is 19.3 Å². The number of carbonyl (C=O) groups excluding carboxylic acids is 1. The Labute approximate surface area is 81.3 Å². The van der Waals surface area contributed by atoms with Gasteiger partial charge >= 0.3 is 0 Å². The number of amides is 1. The topological polar surface area (TPSA) is 20.3 Å². The summed E-state index contributed by atoms with van der Waals surface area (Å²) in [6.45, 7) is 6.10. The van der Waals surface area contributed by atoms with Gasteiger partial charge in [-0.3, -0.25) is 4.79 Å². The maximum Gasteiger partial charge on any atom is 0.225 e. The zero-order valence-corrected chi connectivity index (χ0v) is 8.88. The van der Waals surface area contributed by atoms with E-state index in [1.54, 1.807) is 0 Å². The number of carbonyl (C=O) groups is 1. The molecular weight excluding hydrogens is 162 g/mol. The van der Waals surface area contributed by atoms with Gasteiger partial charge in [0.05, 0.1) is 0 Å². The minimum absolute atomic E-state index is 0.220. The van der Waals surface area contributed by atoms with E-state index in [2.05, 4.69) is 11.8 Å². The van der Waals surface area contributed by atoms with Crippen LogP contribution in [0, 0.1) is 5.92 Å². The van der Waals surface area contributed by atoms with E-state index in [4.69, 9.17) is 0 Å². The van der Waals surface area contributed by atoms with E-state index >= 15 is 0 Å². The van der Waals surface area contributed by atoms with Crippen molar-refractivity contribution in [3.05, 3.63) is 0 Å². The quantitative estimate of drug-likeness (QED) is 0.644. The van der Waals surface area contributed by atoms with Gasteiger partial charge in [0, 0.05) is 19.0 Å². The van der Waals surface area contributed by atoms with Crippen LogP contribution < -0.4 is 0 Å². The van der Waals surface area contributed by atoms with Crippen LogP contribution >= 0.6 is 0 Å². The van der Waals surface area contributed by atoms with E-state index in [1.807, 2.05) is 6.92 Å². The van der Waals surface area contributed by atoms with Gasteiger partial charge in [0.25, 0.3) is 0 Å². The van der Waals surface area contributed by atoms with Gasteiger partial charge in [-0.15, -0.1) is 0 Å². The van der Waals surface area contributed by atoms with E-state index in [0.717, 1.165) is 19.5 Å². The zero-order chi connectivity index (χ0) is 9.68. The molecule has 0 aromatic carbocycles. The molecule has 2 nitrogen and oxygen atoms in total. The third-order valence-corrected chi connectivity index (χ3v) is 2.95. The van der Waals surface area contributed by atoms with Crippen molar-refractivity contribution in [2.75, 3.05) is 13.1 Å². The minimum Gasteiger partial charge on any atom is -0.342 e. The van der Waals surface area contributed by atoms with Crippen LogP contribution in [0.25, 0.3) is 0 Å². The molecule has 1 rings (SSSR count). The number of likely N-dealkylation sites (tertiary alicyclic amines) is 1. The molecule has 1 heterocycles. The number of nitrogens with zero attached hydrogens (tertiary/aromatic N) is 1. The molecule has 1 atom stereocenters. The molecule has 1 aliphatic rings. The van der Waals surface area contributed by atoms with Gasteiger partial charge in [-0.25, -0.2) is 0 Å². The lowest BCUT2D eigenvalue weighted by Crippen LogP contribution is -2.35. The predicted octanol–water partition coefficient (Wildman–Crippen LogP) is 2.44. The third kappa shape index (κ3) is 3.02. The van der Waals surface area contributed by atoms with Crippen LogP contribution in [0.3, 0.4) is 0 Å². The third-order valence-electron chi connectivity index (χ3n) is 2.95. The van der Waals surface area contributed by atoms with Crippen LogP contribution in [-0.2, 0) is 4.79 Å². The van der Waals surface area contributed by atoms with Gasteiger partial charge in [0.1, 0.15) is 0 Å². The zero-order valence-electron chi connectivity index (χ0n) is 8.88. The first-order valence-corrected chi connectivity index (χ1v) is 5.54. The summed E-state index contributed by atoms with van der Waals surface area (Å²) in [6.07, 6.45) is 5.95. The van der Waals surface area contributed by atoms with Crippen molar-refractivity contribution in [3.63, 3.8) is 0 Å². The maximum atomic E-state index is 11.8. The van der Waals surface area contributed by atoms with Crippen molar-refractivity contribution < 1.29 is 4.79 Å². The first kappa shape index (κ1) is 10.6. The summed E-state index contributed by atoms with van der Waals surface area (Å²) in [4.78, 5) is 13.9. The second-order valence-electron chi connectivity index (χ2n) is 4.05. The van der Waals surface area contributed by atoms with E-state index in [1.165, 1.54) is 25.7 Å². The molecule has 0 aromatic heterocycles. The van der Waals surface area contributed by atoms with Crippen LogP contribution in [0.4, 0.5) is 0 Å². The Kier molecular flexibility index (Phi) is 4.26. The Morgan fingerprint density at radius 2 is 1.77 bits per heavy atom. The van der Waals surface area contributed by atoms with Gasteiger partial charge in [-0.1, -0.05) is 26.7 Å². The molecule has 0 unspecified atom stereocenters. The van der Waals surface area contributed by atoms with Crippen molar-refractivity contribution in [2.24, 2.45) is 5.92 Å². The largest absolute Gasteiger partial charge is 0.342 e. The maximum absolute atomic E-state index is 11.8. The van der Waals surface area contributed by atoms with Crippen molar-refractivity contribution >= 4 is 5.91 Å². The fourth-order valence-corrected chi connectivity index (χ4v) is 1.78. The summed E-state index contributed by atoms with van der Waals surface area (Å²) in [7, 11) is 0. The fraction of sp³-hybridized carbons (Fsp3) is 0.909. The first-order chi connectivity index (χ1) is 6.25. The SMILES string of the molecule is CC[C@H](C)C(=O)N1CCCCCC1. The number of rotatable bonds is 2. The summed E-state index contributed by atoms with van der Waals surface area (Å²) < 4.78 is 0. The van der Waals surface area contributed by atoms with Crippen LogP contribution in [0.5, 0.6) is 0 Å². The average molecular weight is 183 g/mol. The van der Waals surface area contributed by atoms with Gasteiger partial charge < -0.3 is 4.90 Å². The molecule has 0 aromatic rings. The van der Waals surface area contributed by atoms with Crippen molar-refractivity contribution in [2.45, 2.75) is 46.0 Å². The molecule has 2 heteroatoms. The molecule has 1 aliphatic heterocycles. The first-order valence-electron chi connectivity index (χ1n) is 5.54. The molecule has 1 amide bonds. The second kappa shape index (κ2) is 5.25. The Bertz CT molecular complexity index is 159. The molecule has 0 aliphatic carbocycles. The number of hydrogen-bond acceptors (Lipinski definition) is 1. The summed E-state index contributed by atoms with van der Waals surface area (Å²) in [6, 6.07) is 0.